The lowest BCUT2D eigenvalue weighted by molar-refractivity contribution is -0.149. The first kappa shape index (κ1) is 24.5. The minimum Gasteiger partial charge on any atom is -0.441 e. The largest absolute Gasteiger partial charge is 0.441 e. The van der Waals surface area contributed by atoms with Crippen molar-refractivity contribution in [3.8, 4) is 11.3 Å². The number of alkyl halides is 3. The van der Waals surface area contributed by atoms with Crippen molar-refractivity contribution in [1.82, 2.24) is 25.3 Å². The summed E-state index contributed by atoms with van der Waals surface area (Å²) in [6.07, 6.45) is 1.33. The van der Waals surface area contributed by atoms with Crippen LogP contribution in [0.15, 0.2) is 35.1 Å². The van der Waals surface area contributed by atoms with E-state index in [0.717, 1.165) is 13.3 Å². The number of aryl methyl sites for hydroxylation is 1. The van der Waals surface area contributed by atoms with Crippen LogP contribution in [0.4, 0.5) is 35.3 Å². The Balaban J connectivity index is 1.43. The van der Waals surface area contributed by atoms with E-state index in [4.69, 9.17) is 4.42 Å². The van der Waals surface area contributed by atoms with Crippen molar-refractivity contribution < 1.29 is 27.2 Å². The number of amides is 3. The number of fused-ring (bicyclic) bond motifs is 4. The molecule has 1 unspecified atom stereocenters. The van der Waals surface area contributed by atoms with Crippen molar-refractivity contribution in [3.63, 3.8) is 0 Å². The fourth-order valence-corrected chi connectivity index (χ4v) is 4.36. The Labute approximate surface area is 209 Å². The Bertz CT molecular complexity index is 1340. The predicted octanol–water partition coefficient (Wildman–Crippen LogP) is 3.54. The summed E-state index contributed by atoms with van der Waals surface area (Å²) in [6, 6.07) is 0.452. The lowest BCUT2D eigenvalue weighted by Gasteiger charge is -2.45. The smallest absolute Gasteiger partial charge is 0.408 e. The summed E-state index contributed by atoms with van der Waals surface area (Å²) < 4.78 is 44.3. The third kappa shape index (κ3) is 4.90. The fraction of sp³-hybridized carbons (Fsp3) is 0.391. The Morgan fingerprint density at radius 1 is 1.22 bits per heavy atom. The van der Waals surface area contributed by atoms with Gasteiger partial charge in [0.05, 0.1) is 24.1 Å². The molecular formula is C23H23F3N8O3. The van der Waals surface area contributed by atoms with Crippen LogP contribution in [0.5, 0.6) is 0 Å². The minimum absolute atomic E-state index is 0.148. The number of pyridine rings is 1. The van der Waals surface area contributed by atoms with E-state index >= 15 is 0 Å². The Morgan fingerprint density at radius 3 is 2.76 bits per heavy atom. The molecule has 0 saturated carbocycles. The van der Waals surface area contributed by atoms with Crippen LogP contribution in [0.1, 0.15) is 36.3 Å². The van der Waals surface area contributed by atoms with Gasteiger partial charge in [-0.1, -0.05) is 0 Å². The van der Waals surface area contributed by atoms with Crippen molar-refractivity contribution in [2.45, 2.75) is 44.9 Å². The molecule has 3 aromatic rings. The summed E-state index contributed by atoms with van der Waals surface area (Å²) in [5.74, 6) is -0.144. The topological polar surface area (TPSA) is 129 Å². The summed E-state index contributed by atoms with van der Waals surface area (Å²) in [7, 11) is 0. The molecule has 2 N–H and O–H groups in total. The number of oxazole rings is 1. The van der Waals surface area contributed by atoms with Crippen LogP contribution >= 0.6 is 0 Å². The monoisotopic (exact) mass is 516 g/mol. The summed E-state index contributed by atoms with van der Waals surface area (Å²) in [5, 5.41) is 4.61. The first-order valence-electron chi connectivity index (χ1n) is 11.6. The van der Waals surface area contributed by atoms with Crippen molar-refractivity contribution in [3.05, 3.63) is 42.4 Å². The van der Waals surface area contributed by atoms with Crippen LogP contribution in [0.3, 0.4) is 0 Å². The summed E-state index contributed by atoms with van der Waals surface area (Å²) >= 11 is 0. The molecule has 37 heavy (non-hydrogen) atoms. The van der Waals surface area contributed by atoms with E-state index in [0.29, 0.717) is 42.4 Å². The van der Waals surface area contributed by atoms with E-state index in [1.165, 1.54) is 17.3 Å². The number of anilines is 3. The third-order valence-corrected chi connectivity index (χ3v) is 6.24. The number of nitrogens with one attached hydrogen (secondary N) is 2. The molecule has 1 saturated heterocycles. The second-order valence-corrected chi connectivity index (χ2v) is 8.85. The standard InChI is InChI=1S/C23H23F3N8O3/c1-12(23(24,25)26)30-21(35)19-29-9-16-20(32-19)34(15-4-3-7-33(16)11-15)22(36)31-18-8-14(5-6-27-18)17-10-28-13(2)37-17/h5-6,8-10,12,15H,3-4,7,11H2,1-2H3,(H,30,35)(H,27,31,36)/t12-,15?/m1/s1. The van der Waals surface area contributed by atoms with Gasteiger partial charge in [0.25, 0.3) is 5.91 Å². The van der Waals surface area contributed by atoms with Gasteiger partial charge in [0.15, 0.2) is 17.5 Å². The molecule has 0 radical (unpaired) electrons. The highest BCUT2D eigenvalue weighted by atomic mass is 19.4. The number of piperidine rings is 1. The van der Waals surface area contributed by atoms with Gasteiger partial charge in [-0.3, -0.25) is 15.0 Å². The van der Waals surface area contributed by atoms with Gasteiger partial charge in [0.2, 0.25) is 5.82 Å². The molecule has 0 aromatic carbocycles. The maximum absolute atomic E-state index is 13.5. The normalized spacial score (nSPS) is 17.7. The van der Waals surface area contributed by atoms with E-state index in [1.54, 1.807) is 25.3 Å². The molecule has 2 atom stereocenters. The van der Waals surface area contributed by atoms with Gasteiger partial charge in [-0.15, -0.1) is 0 Å². The van der Waals surface area contributed by atoms with E-state index in [1.807, 2.05) is 10.2 Å². The SMILES string of the molecule is Cc1ncc(-c2ccnc(NC(=O)N3c4nc(C(=O)N[C@H](C)C(F)(F)F)ncc4N4CCCC3C4)c2)o1. The minimum atomic E-state index is -4.62. The fourth-order valence-electron chi connectivity index (χ4n) is 4.36. The maximum atomic E-state index is 13.5. The zero-order valence-electron chi connectivity index (χ0n) is 19.9. The number of hydrogen-bond donors (Lipinski definition) is 2. The molecular weight excluding hydrogens is 493 g/mol. The Morgan fingerprint density at radius 2 is 2.03 bits per heavy atom. The number of urea groups is 1. The first-order valence-corrected chi connectivity index (χ1v) is 11.6. The van der Waals surface area contributed by atoms with Gasteiger partial charge in [-0.05, 0) is 31.9 Å². The molecule has 0 spiro atoms. The molecule has 14 heteroatoms. The number of rotatable bonds is 4. The van der Waals surface area contributed by atoms with E-state index in [-0.39, 0.29) is 17.7 Å². The van der Waals surface area contributed by atoms with Crippen LogP contribution in [-0.2, 0) is 0 Å². The number of hydrogen-bond acceptors (Lipinski definition) is 8. The molecule has 2 aliphatic heterocycles. The van der Waals surface area contributed by atoms with E-state index in [2.05, 4.69) is 25.3 Å². The molecule has 5 rings (SSSR count). The Hall–Kier alpha value is -4.23. The molecule has 11 nitrogen and oxygen atoms in total. The second kappa shape index (κ2) is 9.33. The average molecular weight is 516 g/mol. The molecule has 1 fully saturated rings. The van der Waals surface area contributed by atoms with Crippen molar-refractivity contribution in [1.29, 1.82) is 0 Å². The lowest BCUT2D eigenvalue weighted by Crippen LogP contribution is -2.56. The van der Waals surface area contributed by atoms with Crippen LogP contribution in [-0.4, -0.2) is 63.2 Å². The van der Waals surface area contributed by atoms with Gasteiger partial charge in [0, 0.05) is 31.8 Å². The molecule has 194 valence electrons. The number of aromatic nitrogens is 4. The number of nitrogens with zero attached hydrogens (tertiary/aromatic N) is 6. The van der Waals surface area contributed by atoms with Crippen LogP contribution in [0.25, 0.3) is 11.3 Å². The van der Waals surface area contributed by atoms with Gasteiger partial charge < -0.3 is 14.6 Å². The van der Waals surface area contributed by atoms with Crippen molar-refractivity contribution >= 4 is 29.3 Å². The molecule has 2 aliphatic rings. The quantitative estimate of drug-likeness (QED) is 0.539. The summed E-state index contributed by atoms with van der Waals surface area (Å²) in [5.41, 5.74) is 1.18. The predicted molar refractivity (Wildman–Crippen MR) is 126 cm³/mol. The number of carbonyl (C=O) groups is 2. The summed E-state index contributed by atoms with van der Waals surface area (Å²) in [4.78, 5) is 45.9. The van der Waals surface area contributed by atoms with Crippen LogP contribution in [0.2, 0.25) is 0 Å². The van der Waals surface area contributed by atoms with Crippen LogP contribution < -0.4 is 20.4 Å². The molecule has 3 amide bonds. The number of carbonyl (C=O) groups excluding carboxylic acids is 2. The van der Waals surface area contributed by atoms with E-state index < -0.39 is 30.0 Å². The highest BCUT2D eigenvalue weighted by molar-refractivity contribution is 6.04. The van der Waals surface area contributed by atoms with Gasteiger partial charge in [0.1, 0.15) is 11.9 Å². The highest BCUT2D eigenvalue weighted by Crippen LogP contribution is 2.38. The van der Waals surface area contributed by atoms with E-state index in [9.17, 15) is 22.8 Å². The zero-order chi connectivity index (χ0) is 26.3. The highest BCUT2D eigenvalue weighted by Gasteiger charge is 2.40. The molecule has 0 aliphatic carbocycles. The first-order chi connectivity index (χ1) is 17.6. The van der Waals surface area contributed by atoms with Gasteiger partial charge in [-0.25, -0.2) is 24.7 Å². The van der Waals surface area contributed by atoms with Gasteiger partial charge >= 0.3 is 12.2 Å². The van der Waals surface area contributed by atoms with Crippen molar-refractivity contribution in [2.24, 2.45) is 0 Å². The van der Waals surface area contributed by atoms with Gasteiger partial charge in [-0.2, -0.15) is 13.2 Å². The third-order valence-electron chi connectivity index (χ3n) is 6.24. The van der Waals surface area contributed by atoms with Crippen LogP contribution in [0, 0.1) is 6.92 Å². The van der Waals surface area contributed by atoms with Crippen molar-refractivity contribution in [2.75, 3.05) is 28.2 Å². The summed E-state index contributed by atoms with van der Waals surface area (Å²) in [6.45, 7) is 3.78. The zero-order valence-corrected chi connectivity index (χ0v) is 19.9. The Kier molecular flexibility index (Phi) is 6.17. The average Bonchev–Trinajstić information content (AvgIpc) is 3.30. The lowest BCUT2D eigenvalue weighted by atomic mass is 10.0. The molecule has 2 bridgehead atoms. The second-order valence-electron chi connectivity index (χ2n) is 8.85. The number of halogens is 3. The maximum Gasteiger partial charge on any atom is 0.408 e. The molecule has 3 aromatic heterocycles. The molecule has 5 heterocycles.